The molecule has 3 heterocycles. The predicted octanol–water partition coefficient (Wildman–Crippen LogP) is 5.85. The maximum Gasteiger partial charge on any atom is 0.414 e. The average molecular weight is 709 g/mol. The van der Waals surface area contributed by atoms with Gasteiger partial charge in [-0.15, -0.1) is 0 Å². The maximum atomic E-state index is 14.1. The summed E-state index contributed by atoms with van der Waals surface area (Å²) in [4.78, 5) is 49.9. The molecule has 1 unspecified atom stereocenters. The van der Waals surface area contributed by atoms with Crippen LogP contribution in [0.4, 0.5) is 14.9 Å². The average Bonchev–Trinajstić information content (AvgIpc) is 3.54. The molecule has 0 bridgehead atoms. The number of rotatable bonds is 9. The lowest BCUT2D eigenvalue weighted by molar-refractivity contribution is -0.117. The van der Waals surface area contributed by atoms with E-state index in [9.17, 15) is 28.1 Å². The molecule has 3 aromatic rings. The molecule has 0 saturated carbocycles. The zero-order valence-electron chi connectivity index (χ0n) is 30.0. The van der Waals surface area contributed by atoms with Gasteiger partial charge in [-0.2, -0.15) is 0 Å². The second-order valence-electron chi connectivity index (χ2n) is 15.4. The molecule has 3 atom stereocenters. The molecule has 5 rings (SSSR count). The van der Waals surface area contributed by atoms with E-state index in [1.54, 1.807) is 32.9 Å². The quantitative estimate of drug-likeness (QED) is 0.261. The first-order chi connectivity index (χ1) is 23.1. The van der Waals surface area contributed by atoms with Crippen LogP contribution in [0.1, 0.15) is 101 Å². The first kappa shape index (κ1) is 37.2. The van der Waals surface area contributed by atoms with E-state index in [0.29, 0.717) is 27.9 Å². The molecule has 2 aromatic heterocycles. The molecule has 268 valence electrons. The number of carbonyl (C=O) groups is 3. The molecule has 50 heavy (non-hydrogen) atoms. The number of fused-ring (bicyclic) bond motifs is 2. The van der Waals surface area contributed by atoms with E-state index in [0.717, 1.165) is 0 Å². The standard InChI is InChI=1S/C37H45FN4O7S/c1-34(2,3)49-33(45)42-20-36(7,41-50(47)35(4,5)6)26-19-29(40-30(31(26)42)21-10-12-23(38)13-11-21)37(8,46)15-14-28(44)27-17-22-16-24(43)18-25(22)32(39-27)48-9/h10-13,17,19,41,46H,14-16,18,20H2,1-9H3/t36-,37-,50?/m1/s1. The molecule has 13 heteroatoms. The number of halogens is 1. The van der Waals surface area contributed by atoms with Gasteiger partial charge in [-0.25, -0.2) is 28.1 Å². The normalized spacial score (nSPS) is 19.1. The van der Waals surface area contributed by atoms with Gasteiger partial charge in [-0.1, -0.05) is 0 Å². The SMILES string of the molecule is COc1nc(C(=O)CC[C@@](C)(O)c2cc3c(c(-c4ccc(F)cc4)n2)N(C(=O)OC(C)(C)C)C[C@@]3(C)NS(=O)C(C)(C)C)cc2c1CC(=O)C2. The van der Waals surface area contributed by atoms with E-state index in [4.69, 9.17) is 14.5 Å². The van der Waals surface area contributed by atoms with Gasteiger partial charge in [0.05, 0.1) is 52.0 Å². The van der Waals surface area contributed by atoms with Crippen LogP contribution in [0.25, 0.3) is 11.3 Å². The summed E-state index contributed by atoms with van der Waals surface area (Å²) in [5.41, 5.74) is -0.278. The Hall–Kier alpha value is -4.07. The molecule has 2 aliphatic rings. The Morgan fingerprint density at radius 1 is 1.06 bits per heavy atom. The van der Waals surface area contributed by atoms with Crippen molar-refractivity contribution >= 4 is 34.3 Å². The Bertz CT molecular complexity index is 1880. The highest BCUT2D eigenvalue weighted by atomic mass is 32.2. The summed E-state index contributed by atoms with van der Waals surface area (Å²) in [6.07, 6.45) is -0.426. The predicted molar refractivity (Wildman–Crippen MR) is 188 cm³/mol. The number of methoxy groups -OCH3 is 1. The van der Waals surface area contributed by atoms with Crippen LogP contribution in [-0.4, -0.2) is 60.9 Å². The lowest BCUT2D eigenvalue weighted by atomic mass is 9.88. The van der Waals surface area contributed by atoms with Crippen LogP contribution in [-0.2, 0) is 44.5 Å². The first-order valence-electron chi connectivity index (χ1n) is 16.5. The van der Waals surface area contributed by atoms with Crippen LogP contribution in [0.5, 0.6) is 5.88 Å². The number of nitrogens with one attached hydrogen (secondary N) is 1. The number of aromatic nitrogens is 2. The van der Waals surface area contributed by atoms with E-state index >= 15 is 0 Å². The molecule has 0 spiro atoms. The van der Waals surface area contributed by atoms with Crippen molar-refractivity contribution in [3.8, 4) is 17.1 Å². The largest absolute Gasteiger partial charge is 0.481 e. The summed E-state index contributed by atoms with van der Waals surface area (Å²) < 4.78 is 41.4. The number of amides is 1. The van der Waals surface area contributed by atoms with Crippen LogP contribution >= 0.6 is 0 Å². The number of pyridine rings is 2. The number of ketones is 2. The van der Waals surface area contributed by atoms with Gasteiger partial charge in [0, 0.05) is 36.0 Å². The fraction of sp³-hybridized carbons (Fsp3) is 0.486. The molecule has 11 nitrogen and oxygen atoms in total. The molecule has 0 fully saturated rings. The molecule has 1 aliphatic heterocycles. The summed E-state index contributed by atoms with van der Waals surface area (Å²) in [6, 6.07) is 8.88. The fourth-order valence-electron chi connectivity index (χ4n) is 6.06. The molecule has 1 aliphatic carbocycles. The smallest absolute Gasteiger partial charge is 0.414 e. The van der Waals surface area contributed by atoms with Crippen molar-refractivity contribution in [2.75, 3.05) is 18.6 Å². The summed E-state index contributed by atoms with van der Waals surface area (Å²) in [7, 11) is -0.146. The molecular formula is C37H45FN4O7S. The van der Waals surface area contributed by atoms with Crippen molar-refractivity contribution in [2.24, 2.45) is 0 Å². The third-order valence-electron chi connectivity index (χ3n) is 8.75. The lowest BCUT2D eigenvalue weighted by Crippen LogP contribution is -2.50. The minimum absolute atomic E-state index is 0.0188. The van der Waals surface area contributed by atoms with E-state index in [1.165, 1.54) is 43.2 Å². The van der Waals surface area contributed by atoms with E-state index in [1.807, 2.05) is 27.7 Å². The van der Waals surface area contributed by atoms with Gasteiger partial charge in [0.1, 0.15) is 28.5 Å². The monoisotopic (exact) mass is 708 g/mol. The van der Waals surface area contributed by atoms with Gasteiger partial charge in [-0.05, 0) is 104 Å². The minimum atomic E-state index is -1.68. The second kappa shape index (κ2) is 13.2. The van der Waals surface area contributed by atoms with E-state index < -0.39 is 44.4 Å². The zero-order chi connectivity index (χ0) is 37.0. The summed E-state index contributed by atoms with van der Waals surface area (Å²) in [5, 5.41) is 12.0. The van der Waals surface area contributed by atoms with Crippen LogP contribution < -0.4 is 14.4 Å². The van der Waals surface area contributed by atoms with Gasteiger partial charge in [0.15, 0.2) is 5.78 Å². The molecule has 2 N–H and O–H groups in total. The van der Waals surface area contributed by atoms with Gasteiger partial charge in [0.2, 0.25) is 5.88 Å². The molecule has 0 radical (unpaired) electrons. The Labute approximate surface area is 294 Å². The number of anilines is 1. The van der Waals surface area contributed by atoms with Gasteiger partial charge < -0.3 is 14.6 Å². The third kappa shape index (κ3) is 7.64. The molecular weight excluding hydrogens is 663 g/mol. The van der Waals surface area contributed by atoms with Crippen LogP contribution in [0.3, 0.4) is 0 Å². The number of Topliss-reactive ketones (excluding diaryl/α,β-unsaturated/α-hetero) is 2. The van der Waals surface area contributed by atoms with Crippen molar-refractivity contribution in [3.63, 3.8) is 0 Å². The Balaban J connectivity index is 1.59. The zero-order valence-corrected chi connectivity index (χ0v) is 30.8. The number of benzene rings is 1. The van der Waals surface area contributed by atoms with Crippen molar-refractivity contribution in [2.45, 2.75) is 103 Å². The Morgan fingerprint density at radius 3 is 2.32 bits per heavy atom. The summed E-state index contributed by atoms with van der Waals surface area (Å²) >= 11 is 0. The summed E-state index contributed by atoms with van der Waals surface area (Å²) in [5.74, 6) is -0.565. The van der Waals surface area contributed by atoms with Gasteiger partial charge in [-0.3, -0.25) is 14.5 Å². The maximum absolute atomic E-state index is 14.1. The fourth-order valence-corrected chi connectivity index (χ4v) is 6.95. The molecule has 0 saturated heterocycles. The van der Waals surface area contributed by atoms with Crippen LogP contribution in [0.15, 0.2) is 36.4 Å². The number of hydrogen-bond acceptors (Lipinski definition) is 9. The molecule has 1 aromatic carbocycles. The van der Waals surface area contributed by atoms with Crippen molar-refractivity contribution in [1.82, 2.24) is 14.7 Å². The number of aliphatic hydroxyl groups is 1. The van der Waals surface area contributed by atoms with Crippen molar-refractivity contribution in [1.29, 1.82) is 0 Å². The Kier molecular flexibility index (Phi) is 9.85. The van der Waals surface area contributed by atoms with Crippen LogP contribution in [0.2, 0.25) is 0 Å². The van der Waals surface area contributed by atoms with Crippen molar-refractivity contribution < 1.29 is 37.6 Å². The highest BCUT2D eigenvalue weighted by molar-refractivity contribution is 7.84. The number of hydrogen-bond donors (Lipinski definition) is 2. The minimum Gasteiger partial charge on any atom is -0.481 e. The van der Waals surface area contributed by atoms with Crippen molar-refractivity contribution in [3.05, 3.63) is 70.3 Å². The van der Waals surface area contributed by atoms with Crippen LogP contribution in [0, 0.1) is 5.82 Å². The number of ether oxygens (including phenoxy) is 2. The lowest BCUT2D eigenvalue weighted by Gasteiger charge is -2.31. The van der Waals surface area contributed by atoms with E-state index in [-0.39, 0.29) is 66.8 Å². The summed E-state index contributed by atoms with van der Waals surface area (Å²) in [6.45, 7) is 14.1. The van der Waals surface area contributed by atoms with Gasteiger partial charge in [0.25, 0.3) is 0 Å². The second-order valence-corrected chi connectivity index (χ2v) is 17.4. The highest BCUT2D eigenvalue weighted by Crippen LogP contribution is 2.47. The first-order valence-corrected chi connectivity index (χ1v) is 17.6. The van der Waals surface area contributed by atoms with E-state index in [2.05, 4.69) is 9.71 Å². The number of nitrogens with zero attached hydrogens (tertiary/aromatic N) is 3. The van der Waals surface area contributed by atoms with Gasteiger partial charge >= 0.3 is 6.09 Å². The molecule has 1 amide bonds. The third-order valence-corrected chi connectivity index (χ3v) is 10.5. The topological polar surface area (TPSA) is 148 Å². The highest BCUT2D eigenvalue weighted by Gasteiger charge is 2.48. The Morgan fingerprint density at radius 2 is 1.72 bits per heavy atom. The number of carbonyl (C=O) groups excluding carboxylic acids is 3.